The summed E-state index contributed by atoms with van der Waals surface area (Å²) in [6.07, 6.45) is 6.04. The molecule has 13 atom stereocenters. The van der Waals surface area contributed by atoms with Gasteiger partial charge in [-0.1, -0.05) is 90.2 Å². The monoisotopic (exact) mass is 593 g/mol. The molecule has 0 spiro atoms. The number of primary amides is 1. The lowest BCUT2D eigenvalue weighted by atomic mass is 9.81. The number of esters is 1. The number of hydrogen-bond acceptors (Lipinski definition) is 8. The predicted octanol–water partition coefficient (Wildman–Crippen LogP) is 4.30. The number of allylic oxidation sites excluding steroid dienone is 3. The van der Waals surface area contributed by atoms with E-state index in [1.54, 1.807) is 38.2 Å². The second kappa shape index (κ2) is 17.6. The van der Waals surface area contributed by atoms with E-state index in [1.165, 1.54) is 0 Å². The van der Waals surface area contributed by atoms with Crippen molar-refractivity contribution in [3.63, 3.8) is 0 Å². The Hall–Kier alpha value is -2.46. The zero-order valence-corrected chi connectivity index (χ0v) is 26.6. The zero-order valence-electron chi connectivity index (χ0n) is 26.6. The van der Waals surface area contributed by atoms with Gasteiger partial charge in [0.15, 0.2) is 0 Å². The summed E-state index contributed by atoms with van der Waals surface area (Å²) in [5.74, 6) is -2.52. The molecule has 1 saturated heterocycles. The maximum absolute atomic E-state index is 12.0. The molecular weight excluding hydrogens is 538 g/mol. The Morgan fingerprint density at radius 2 is 1.64 bits per heavy atom. The summed E-state index contributed by atoms with van der Waals surface area (Å²) in [6.45, 7) is 18.5. The molecule has 1 fully saturated rings. The number of aliphatic hydroxyl groups excluding tert-OH is 4. The minimum Gasteiger partial charge on any atom is -0.462 e. The molecule has 0 radical (unpaired) electrons. The molecule has 9 heteroatoms. The van der Waals surface area contributed by atoms with Gasteiger partial charge in [0.2, 0.25) is 0 Å². The van der Waals surface area contributed by atoms with Gasteiger partial charge in [-0.15, -0.1) is 0 Å². The summed E-state index contributed by atoms with van der Waals surface area (Å²) in [7, 11) is 0. The normalized spacial score (nSPS) is 28.3. The van der Waals surface area contributed by atoms with Crippen LogP contribution in [0.3, 0.4) is 0 Å². The Morgan fingerprint density at radius 3 is 2.21 bits per heavy atom. The number of cyclic esters (lactones) is 1. The predicted molar refractivity (Wildman–Crippen MR) is 164 cm³/mol. The summed E-state index contributed by atoms with van der Waals surface area (Å²) < 4.78 is 10.8. The van der Waals surface area contributed by atoms with Gasteiger partial charge in [-0.2, -0.15) is 0 Å². The van der Waals surface area contributed by atoms with Crippen molar-refractivity contribution in [3.8, 4) is 0 Å². The van der Waals surface area contributed by atoms with Crippen LogP contribution >= 0.6 is 0 Å². The van der Waals surface area contributed by atoms with Gasteiger partial charge in [0, 0.05) is 36.0 Å². The molecule has 1 aliphatic rings. The smallest absolute Gasteiger partial charge is 0.404 e. The van der Waals surface area contributed by atoms with Gasteiger partial charge in [-0.25, -0.2) is 4.79 Å². The third-order valence-electron chi connectivity index (χ3n) is 8.62. The first-order chi connectivity index (χ1) is 19.5. The lowest BCUT2D eigenvalue weighted by Crippen LogP contribution is -2.47. The van der Waals surface area contributed by atoms with Crippen LogP contribution in [0.5, 0.6) is 0 Å². The molecule has 0 aromatic carbocycles. The van der Waals surface area contributed by atoms with Crippen molar-refractivity contribution in [3.05, 3.63) is 48.6 Å². The molecule has 1 rings (SSSR count). The Kier molecular flexibility index (Phi) is 15.7. The lowest BCUT2D eigenvalue weighted by Gasteiger charge is -2.36. The van der Waals surface area contributed by atoms with E-state index in [-0.39, 0.29) is 41.9 Å². The average Bonchev–Trinajstić information content (AvgIpc) is 2.93. The molecule has 42 heavy (non-hydrogen) atoms. The number of carbonyl (C=O) groups is 2. The molecule has 0 bridgehead atoms. The van der Waals surface area contributed by atoms with E-state index in [1.807, 2.05) is 53.7 Å². The summed E-state index contributed by atoms with van der Waals surface area (Å²) >= 11 is 0. The number of aliphatic hydroxyl groups is 4. The van der Waals surface area contributed by atoms with Crippen molar-refractivity contribution in [1.82, 2.24) is 0 Å². The first kappa shape index (κ1) is 37.6. The standard InChI is InChI=1S/C33H55NO8/c1-10-11-12-20(4)31(42-33(34)40)24(8)29(37)22(6)16-18(2)15-21(5)28(36)19(3)13-14-26(35)17-27-23(7)30(38)25(9)32(39)41-27/h10-15,19-31,35-38H,1,16-17H2,2-9H3,(H2,34,40)/b12-11-,14-13-,18-15-/t19-,20-,21-,22-,23-,24-,25+,26+,27-,28-,29-,30-,31-/m0/s1. The first-order valence-corrected chi connectivity index (χ1v) is 15.0. The highest BCUT2D eigenvalue weighted by Crippen LogP contribution is 2.30. The Morgan fingerprint density at radius 1 is 1.02 bits per heavy atom. The summed E-state index contributed by atoms with van der Waals surface area (Å²) in [5.41, 5.74) is 6.30. The largest absolute Gasteiger partial charge is 0.462 e. The second-order valence-corrected chi connectivity index (χ2v) is 12.4. The molecule has 0 unspecified atom stereocenters. The van der Waals surface area contributed by atoms with Crippen LogP contribution in [0.2, 0.25) is 0 Å². The molecule has 1 aliphatic heterocycles. The van der Waals surface area contributed by atoms with Gasteiger partial charge in [0.05, 0.1) is 30.3 Å². The molecular formula is C33H55NO8. The lowest BCUT2D eigenvalue weighted by molar-refractivity contribution is -0.179. The maximum atomic E-state index is 12.0. The molecule has 0 aliphatic carbocycles. The van der Waals surface area contributed by atoms with E-state index in [0.717, 1.165) is 5.57 Å². The topological polar surface area (TPSA) is 160 Å². The number of hydrogen-bond donors (Lipinski definition) is 5. The Labute approximate surface area is 252 Å². The number of ether oxygens (including phenoxy) is 2. The summed E-state index contributed by atoms with van der Waals surface area (Å²) in [5, 5.41) is 42.8. The quantitative estimate of drug-likeness (QED) is 0.101. The van der Waals surface area contributed by atoms with Crippen LogP contribution in [0.1, 0.15) is 68.2 Å². The molecule has 240 valence electrons. The molecule has 9 nitrogen and oxygen atoms in total. The number of amides is 1. The van der Waals surface area contributed by atoms with Crippen LogP contribution in [0.4, 0.5) is 4.79 Å². The average molecular weight is 594 g/mol. The highest BCUT2D eigenvalue weighted by Gasteiger charge is 2.41. The fourth-order valence-corrected chi connectivity index (χ4v) is 5.80. The van der Waals surface area contributed by atoms with Crippen LogP contribution in [-0.2, 0) is 14.3 Å². The van der Waals surface area contributed by atoms with Gasteiger partial charge in [-0.05, 0) is 26.2 Å². The van der Waals surface area contributed by atoms with E-state index in [9.17, 15) is 30.0 Å². The summed E-state index contributed by atoms with van der Waals surface area (Å²) in [6, 6.07) is 0. The van der Waals surface area contributed by atoms with Crippen LogP contribution in [0, 0.1) is 41.4 Å². The van der Waals surface area contributed by atoms with Gasteiger partial charge in [0.1, 0.15) is 12.2 Å². The highest BCUT2D eigenvalue weighted by atomic mass is 16.6. The SMILES string of the molecule is C=C/C=C\[C@H](C)[C@H](OC(N)=O)[C@@H](C)[C@@H](O)[C@@H](C)C/C(C)=C\[C@H](C)[C@@H](O)[C@@H](C)/C=C\[C@@H](O)C[C@@H]1OC(=O)[C@H](C)[C@@H](O)[C@H]1C. The van der Waals surface area contributed by atoms with Crippen molar-refractivity contribution < 1.29 is 39.5 Å². The number of rotatable bonds is 16. The zero-order chi connectivity index (χ0) is 32.3. The fourth-order valence-electron chi connectivity index (χ4n) is 5.80. The molecule has 0 saturated carbocycles. The van der Waals surface area contributed by atoms with Crippen LogP contribution in [0.15, 0.2) is 48.6 Å². The molecule has 6 N–H and O–H groups in total. The number of carbonyl (C=O) groups excluding carboxylic acids is 2. The highest BCUT2D eigenvalue weighted by molar-refractivity contribution is 5.73. The van der Waals surface area contributed by atoms with Gasteiger partial charge < -0.3 is 35.6 Å². The second-order valence-electron chi connectivity index (χ2n) is 12.4. The van der Waals surface area contributed by atoms with Crippen LogP contribution < -0.4 is 5.73 Å². The van der Waals surface area contributed by atoms with Crippen molar-refractivity contribution >= 4 is 12.1 Å². The van der Waals surface area contributed by atoms with Crippen molar-refractivity contribution in [2.24, 2.45) is 47.2 Å². The minimum absolute atomic E-state index is 0.152. The third kappa shape index (κ3) is 11.3. The third-order valence-corrected chi connectivity index (χ3v) is 8.62. The molecule has 0 aromatic heterocycles. The molecule has 1 heterocycles. The van der Waals surface area contributed by atoms with Crippen molar-refractivity contribution in [1.29, 1.82) is 0 Å². The Bertz CT molecular complexity index is 962. The first-order valence-electron chi connectivity index (χ1n) is 15.0. The van der Waals surface area contributed by atoms with E-state index in [0.29, 0.717) is 6.42 Å². The van der Waals surface area contributed by atoms with E-state index in [4.69, 9.17) is 15.2 Å². The van der Waals surface area contributed by atoms with E-state index in [2.05, 4.69) is 6.58 Å². The van der Waals surface area contributed by atoms with E-state index < -0.39 is 54.6 Å². The fraction of sp³-hybridized carbons (Fsp3) is 0.697. The number of nitrogens with two attached hydrogens (primary N) is 1. The van der Waals surface area contributed by atoms with Crippen molar-refractivity contribution in [2.75, 3.05) is 0 Å². The Balaban J connectivity index is 2.76. The van der Waals surface area contributed by atoms with Crippen molar-refractivity contribution in [2.45, 2.75) is 105 Å². The van der Waals surface area contributed by atoms with Gasteiger partial charge >= 0.3 is 12.1 Å². The van der Waals surface area contributed by atoms with Crippen LogP contribution in [-0.4, -0.2) is 69.1 Å². The van der Waals surface area contributed by atoms with E-state index >= 15 is 0 Å². The minimum atomic E-state index is -0.894. The summed E-state index contributed by atoms with van der Waals surface area (Å²) in [4.78, 5) is 23.5. The molecule has 0 aromatic rings. The van der Waals surface area contributed by atoms with Gasteiger partial charge in [0.25, 0.3) is 0 Å². The maximum Gasteiger partial charge on any atom is 0.404 e. The molecule has 1 amide bonds. The van der Waals surface area contributed by atoms with Gasteiger partial charge in [-0.3, -0.25) is 4.79 Å². The van der Waals surface area contributed by atoms with Crippen LogP contribution in [0.25, 0.3) is 0 Å².